The molecule has 42 heavy (non-hydrogen) atoms. The molecule has 0 bridgehead atoms. The number of aromatic amines is 1. The number of fused-ring (bicyclic) bond motifs is 1. The Bertz CT molecular complexity index is 1250. The minimum absolute atomic E-state index is 0.146. The highest BCUT2D eigenvalue weighted by molar-refractivity contribution is 5.84. The van der Waals surface area contributed by atoms with Gasteiger partial charge in [-0.05, 0) is 48.6 Å². The Morgan fingerprint density at radius 2 is 1.64 bits per heavy atom. The molecular weight excluding hydrogens is 546 g/mol. The summed E-state index contributed by atoms with van der Waals surface area (Å²) >= 11 is 0. The second kappa shape index (κ2) is 14.5. The van der Waals surface area contributed by atoms with Crippen molar-refractivity contribution in [1.82, 2.24) is 25.0 Å². The maximum absolute atomic E-state index is 10.4. The van der Waals surface area contributed by atoms with Crippen molar-refractivity contribution in [3.05, 3.63) is 47.7 Å². The molecule has 13 heteroatoms. The number of aromatic nitrogens is 3. The van der Waals surface area contributed by atoms with E-state index >= 15 is 0 Å². The number of ether oxygens (including phenoxy) is 3. The highest BCUT2D eigenvalue weighted by Crippen LogP contribution is 2.30. The zero-order chi connectivity index (χ0) is 29.5. The first-order valence-corrected chi connectivity index (χ1v) is 14.5. The number of aryl methyl sites for hydroxylation is 2. The fourth-order valence-corrected chi connectivity index (χ4v) is 5.44. The van der Waals surface area contributed by atoms with Gasteiger partial charge in [0.25, 0.3) is 0 Å². The average Bonchev–Trinajstić information content (AvgIpc) is 3.43. The maximum Gasteiger partial charge on any atom is 0.244 e. The van der Waals surface area contributed by atoms with Gasteiger partial charge in [0.2, 0.25) is 12.2 Å². The Kier molecular flexibility index (Phi) is 10.6. The van der Waals surface area contributed by atoms with E-state index in [-0.39, 0.29) is 12.5 Å². The Balaban J connectivity index is 1.12. The minimum Gasteiger partial charge on any atom is -0.494 e. The lowest BCUT2D eigenvalue weighted by atomic mass is 9.99. The molecule has 0 amide bonds. The van der Waals surface area contributed by atoms with Crippen LogP contribution in [0.15, 0.2) is 36.5 Å². The number of pyridine rings is 1. The van der Waals surface area contributed by atoms with E-state index in [4.69, 9.17) is 19.3 Å². The van der Waals surface area contributed by atoms with Gasteiger partial charge in [0, 0.05) is 45.5 Å². The normalized spacial score (nSPS) is 25.6. The second-order valence-corrected chi connectivity index (χ2v) is 10.8. The first kappa shape index (κ1) is 30.6. The lowest BCUT2D eigenvalue weighted by Gasteiger charge is -2.39. The summed E-state index contributed by atoms with van der Waals surface area (Å²) < 4.78 is 17.3. The smallest absolute Gasteiger partial charge is 0.244 e. The third-order valence-electron chi connectivity index (χ3n) is 7.97. The van der Waals surface area contributed by atoms with Gasteiger partial charge in [-0.25, -0.2) is 4.98 Å². The van der Waals surface area contributed by atoms with Crippen LogP contribution >= 0.6 is 0 Å². The quantitative estimate of drug-likeness (QED) is 0.139. The predicted octanol–water partition coefficient (Wildman–Crippen LogP) is -0.699. The van der Waals surface area contributed by atoms with Crippen molar-refractivity contribution in [2.45, 2.75) is 50.0 Å². The summed E-state index contributed by atoms with van der Waals surface area (Å²) in [6.07, 6.45) is -2.94. The number of nitrogens with zero attached hydrogens (tertiary/aromatic N) is 4. The molecule has 13 nitrogen and oxygen atoms in total. The number of piperazine rings is 1. The van der Waals surface area contributed by atoms with Gasteiger partial charge in [0.15, 0.2) is 5.65 Å². The van der Waals surface area contributed by atoms with Crippen LogP contribution < -0.4 is 9.47 Å². The topological polar surface area (TPSA) is 177 Å². The zero-order valence-electron chi connectivity index (χ0n) is 23.6. The van der Waals surface area contributed by atoms with Gasteiger partial charge >= 0.3 is 0 Å². The standard InChI is InChI=1S/C29H41N5O8/c35-16-15-34-13-11-33(12-14-34)10-1-17-40-21-6-3-19(4-7-21)2-5-20-8-9-30-27-23(20)28(32-31-27)42-29-26(39)25(38)24(37)22(18-36)41-29/h3-4,6-9,22,24-26,29,35-39H,1-2,5,10-18H2,(H,30,31,32)/t22-,24-,25+,26-,29+/m1/s1. The van der Waals surface area contributed by atoms with Gasteiger partial charge < -0.3 is 44.6 Å². The fraction of sp³-hybridized carbons (Fsp3) is 0.586. The molecule has 0 radical (unpaired) electrons. The summed E-state index contributed by atoms with van der Waals surface area (Å²) in [7, 11) is 0. The molecule has 0 saturated carbocycles. The Labute approximate surface area is 244 Å². The van der Waals surface area contributed by atoms with Gasteiger partial charge in [-0.2, -0.15) is 0 Å². The number of β-amino-alcohol motifs (C(OH)–C–C–N with tert-alkyl or cyclic N) is 1. The van der Waals surface area contributed by atoms with Crippen LogP contribution in [0.4, 0.5) is 0 Å². The first-order chi connectivity index (χ1) is 20.5. The van der Waals surface area contributed by atoms with Crippen molar-refractivity contribution in [2.24, 2.45) is 0 Å². The molecule has 3 aromatic rings. The SMILES string of the molecule is OCCN1CCN(CCCOc2ccc(CCc3ccnc4[nH]nc(O[C@@H]5O[C@H](CO)[C@@H](O)[C@H](O)[C@H]5O)c34)cc2)CC1. The van der Waals surface area contributed by atoms with Crippen molar-refractivity contribution < 1.29 is 39.7 Å². The lowest BCUT2D eigenvalue weighted by molar-refractivity contribution is -0.277. The molecule has 4 heterocycles. The van der Waals surface area contributed by atoms with Crippen LogP contribution in [0.1, 0.15) is 17.5 Å². The number of rotatable bonds is 13. The number of hydrogen-bond donors (Lipinski definition) is 6. The molecular formula is C29H41N5O8. The van der Waals surface area contributed by atoms with E-state index in [2.05, 4.69) is 37.1 Å². The monoisotopic (exact) mass is 587 g/mol. The first-order valence-electron chi connectivity index (χ1n) is 14.5. The molecule has 5 atom stereocenters. The van der Waals surface area contributed by atoms with Gasteiger partial charge in [-0.15, -0.1) is 5.10 Å². The third-order valence-corrected chi connectivity index (χ3v) is 7.97. The Hall–Kier alpha value is -2.88. The second-order valence-electron chi connectivity index (χ2n) is 10.8. The summed E-state index contributed by atoms with van der Waals surface area (Å²) in [5.74, 6) is 0.982. The third kappa shape index (κ3) is 7.36. The van der Waals surface area contributed by atoms with Gasteiger partial charge in [-0.3, -0.25) is 10.00 Å². The largest absolute Gasteiger partial charge is 0.494 e. The van der Waals surface area contributed by atoms with Gasteiger partial charge in [0.05, 0.1) is 25.2 Å². The highest BCUT2D eigenvalue weighted by atomic mass is 16.7. The van der Waals surface area contributed by atoms with Crippen molar-refractivity contribution in [1.29, 1.82) is 0 Å². The number of aliphatic hydroxyl groups is 5. The molecule has 230 valence electrons. The van der Waals surface area contributed by atoms with Crippen LogP contribution in [0.5, 0.6) is 11.6 Å². The maximum atomic E-state index is 10.4. The number of H-pyrrole nitrogens is 1. The predicted molar refractivity (Wildman–Crippen MR) is 152 cm³/mol. The summed E-state index contributed by atoms with van der Waals surface area (Å²) in [5.41, 5.74) is 2.56. The van der Waals surface area contributed by atoms with E-state index in [0.29, 0.717) is 24.1 Å². The molecule has 2 saturated heterocycles. The molecule has 1 aromatic carbocycles. The molecule has 2 aliphatic heterocycles. The zero-order valence-corrected chi connectivity index (χ0v) is 23.6. The molecule has 2 aliphatic rings. The summed E-state index contributed by atoms with van der Waals surface area (Å²) in [4.78, 5) is 9.04. The van der Waals surface area contributed by atoms with Crippen molar-refractivity contribution in [3.63, 3.8) is 0 Å². The van der Waals surface area contributed by atoms with E-state index in [1.807, 2.05) is 18.2 Å². The molecule has 0 unspecified atom stereocenters. The lowest BCUT2D eigenvalue weighted by Crippen LogP contribution is -2.60. The van der Waals surface area contributed by atoms with E-state index in [9.17, 15) is 20.4 Å². The van der Waals surface area contributed by atoms with E-state index in [0.717, 1.165) is 69.0 Å². The van der Waals surface area contributed by atoms with Gasteiger partial charge in [0.1, 0.15) is 30.2 Å². The highest BCUT2D eigenvalue weighted by Gasteiger charge is 2.45. The number of hydrogen-bond acceptors (Lipinski definition) is 12. The Morgan fingerprint density at radius 1 is 0.905 bits per heavy atom. The van der Waals surface area contributed by atoms with Crippen LogP contribution in [-0.2, 0) is 17.6 Å². The van der Waals surface area contributed by atoms with Crippen LogP contribution in [-0.4, -0.2) is 140 Å². The molecule has 5 rings (SSSR count). The van der Waals surface area contributed by atoms with Crippen molar-refractivity contribution in [3.8, 4) is 11.6 Å². The molecule has 0 spiro atoms. The van der Waals surface area contributed by atoms with Crippen molar-refractivity contribution in [2.75, 3.05) is 59.1 Å². The van der Waals surface area contributed by atoms with E-state index in [1.54, 1.807) is 6.20 Å². The summed E-state index contributed by atoms with van der Waals surface area (Å²) in [6, 6.07) is 9.94. The fourth-order valence-electron chi connectivity index (χ4n) is 5.44. The molecule has 0 aliphatic carbocycles. The van der Waals surface area contributed by atoms with E-state index < -0.39 is 37.3 Å². The molecule has 6 N–H and O–H groups in total. The van der Waals surface area contributed by atoms with Crippen LogP contribution in [0, 0.1) is 0 Å². The van der Waals surface area contributed by atoms with E-state index in [1.165, 1.54) is 0 Å². The summed E-state index contributed by atoms with van der Waals surface area (Å²) in [6.45, 7) is 6.14. The average molecular weight is 588 g/mol. The van der Waals surface area contributed by atoms with Gasteiger partial charge in [-0.1, -0.05) is 12.1 Å². The Morgan fingerprint density at radius 3 is 2.36 bits per heavy atom. The minimum atomic E-state index is -1.55. The molecule has 2 fully saturated rings. The van der Waals surface area contributed by atoms with Crippen LogP contribution in [0.2, 0.25) is 0 Å². The number of nitrogens with one attached hydrogen (secondary N) is 1. The molecule has 2 aromatic heterocycles. The van der Waals surface area contributed by atoms with Crippen molar-refractivity contribution >= 4 is 11.0 Å². The van der Waals surface area contributed by atoms with Crippen LogP contribution in [0.25, 0.3) is 11.0 Å². The summed E-state index contributed by atoms with van der Waals surface area (Å²) in [5, 5.41) is 56.7. The van der Waals surface area contributed by atoms with Crippen LogP contribution in [0.3, 0.4) is 0 Å². The number of aliphatic hydroxyl groups excluding tert-OH is 5. The number of benzene rings is 1.